The third-order valence-electron chi connectivity index (χ3n) is 4.37. The Labute approximate surface area is 137 Å². The lowest BCUT2D eigenvalue weighted by Gasteiger charge is -2.24. The number of aromatic amines is 2. The average Bonchev–Trinajstić information content (AvgIpc) is 3.18. The Kier molecular flexibility index (Phi) is 3.72. The number of hydrogen-bond acceptors (Lipinski definition) is 5. The first-order valence-electron chi connectivity index (χ1n) is 8.07. The molecule has 2 aliphatic heterocycles. The van der Waals surface area contributed by atoms with Crippen LogP contribution in [-0.2, 0) is 0 Å². The zero-order valence-electron chi connectivity index (χ0n) is 13.1. The van der Waals surface area contributed by atoms with E-state index in [1.54, 1.807) is 4.90 Å². The maximum Gasteiger partial charge on any atom is 0.341 e. The Morgan fingerprint density at radius 3 is 2.83 bits per heavy atom. The van der Waals surface area contributed by atoms with Crippen LogP contribution < -0.4 is 15.2 Å². The first kappa shape index (κ1) is 14.8. The summed E-state index contributed by atoms with van der Waals surface area (Å²) in [5.41, 5.74) is 0.521. The number of nitrogens with one attached hydrogen (secondary N) is 2. The van der Waals surface area contributed by atoms with Gasteiger partial charge < -0.3 is 14.4 Å². The van der Waals surface area contributed by atoms with Crippen molar-refractivity contribution in [3.8, 4) is 11.5 Å². The van der Waals surface area contributed by atoms with E-state index in [2.05, 4.69) is 15.2 Å². The Hall–Kier alpha value is -2.77. The van der Waals surface area contributed by atoms with Gasteiger partial charge in [-0.05, 0) is 30.5 Å². The highest BCUT2D eigenvalue weighted by Crippen LogP contribution is 2.38. The molecular weight excluding hydrogens is 312 g/mol. The van der Waals surface area contributed by atoms with Gasteiger partial charge in [-0.2, -0.15) is 0 Å². The third kappa shape index (κ3) is 2.64. The molecule has 1 saturated heterocycles. The second-order valence-electron chi connectivity index (χ2n) is 5.94. The van der Waals surface area contributed by atoms with E-state index in [0.717, 1.165) is 36.3 Å². The minimum Gasteiger partial charge on any atom is -0.490 e. The smallest absolute Gasteiger partial charge is 0.341 e. The van der Waals surface area contributed by atoms with Crippen LogP contribution in [0, 0.1) is 0 Å². The number of amides is 1. The Balaban J connectivity index is 1.62. The number of H-pyrrole nitrogens is 2. The molecule has 8 nitrogen and oxygen atoms in total. The summed E-state index contributed by atoms with van der Waals surface area (Å²) in [7, 11) is 0. The van der Waals surface area contributed by atoms with Gasteiger partial charge in [0.2, 0.25) is 5.82 Å². The van der Waals surface area contributed by atoms with Gasteiger partial charge in [0.05, 0.1) is 19.3 Å². The van der Waals surface area contributed by atoms with Gasteiger partial charge in [0.25, 0.3) is 5.91 Å². The van der Waals surface area contributed by atoms with Crippen LogP contribution in [0.3, 0.4) is 0 Å². The fourth-order valence-electron chi connectivity index (χ4n) is 3.25. The lowest BCUT2D eigenvalue weighted by molar-refractivity contribution is 0.0723. The predicted molar refractivity (Wildman–Crippen MR) is 84.3 cm³/mol. The van der Waals surface area contributed by atoms with Gasteiger partial charge in [0.1, 0.15) is 0 Å². The molecule has 2 aromatic rings. The molecule has 1 atom stereocenters. The third-order valence-corrected chi connectivity index (χ3v) is 4.37. The minimum absolute atomic E-state index is 0.0428. The van der Waals surface area contributed by atoms with E-state index in [4.69, 9.17) is 9.47 Å². The van der Waals surface area contributed by atoms with Crippen molar-refractivity contribution in [2.75, 3.05) is 19.8 Å². The Morgan fingerprint density at radius 1 is 1.21 bits per heavy atom. The number of likely N-dealkylation sites (tertiary alicyclic amines) is 1. The predicted octanol–water partition coefficient (Wildman–Crippen LogP) is 1.24. The number of carbonyl (C=O) groups excluding carboxylic acids is 1. The lowest BCUT2D eigenvalue weighted by atomic mass is 10.0. The molecule has 24 heavy (non-hydrogen) atoms. The van der Waals surface area contributed by atoms with E-state index in [1.165, 1.54) is 0 Å². The quantitative estimate of drug-likeness (QED) is 0.863. The van der Waals surface area contributed by atoms with Gasteiger partial charge in [-0.25, -0.2) is 9.89 Å². The largest absolute Gasteiger partial charge is 0.490 e. The van der Waals surface area contributed by atoms with Gasteiger partial charge in [0.15, 0.2) is 11.5 Å². The van der Waals surface area contributed by atoms with Crippen molar-refractivity contribution < 1.29 is 14.3 Å². The minimum atomic E-state index is -0.482. The number of ether oxygens (including phenoxy) is 2. The second kappa shape index (κ2) is 6.03. The molecular formula is C16H18N4O4. The highest BCUT2D eigenvalue weighted by atomic mass is 16.5. The molecule has 0 bridgehead atoms. The molecule has 1 amide bonds. The summed E-state index contributed by atoms with van der Waals surface area (Å²) in [4.78, 5) is 28.0. The van der Waals surface area contributed by atoms with E-state index >= 15 is 0 Å². The number of benzene rings is 1. The van der Waals surface area contributed by atoms with Crippen molar-refractivity contribution in [2.24, 2.45) is 0 Å². The van der Waals surface area contributed by atoms with Crippen LogP contribution in [0.25, 0.3) is 0 Å². The molecule has 0 radical (unpaired) electrons. The van der Waals surface area contributed by atoms with E-state index in [0.29, 0.717) is 19.8 Å². The number of aromatic nitrogens is 3. The molecule has 2 aliphatic rings. The summed E-state index contributed by atoms with van der Waals surface area (Å²) in [6.07, 6.45) is 2.62. The fourth-order valence-corrected chi connectivity index (χ4v) is 3.25. The van der Waals surface area contributed by atoms with Crippen molar-refractivity contribution in [3.63, 3.8) is 0 Å². The molecule has 3 heterocycles. The zero-order chi connectivity index (χ0) is 16.5. The Bertz CT molecular complexity index is 812. The van der Waals surface area contributed by atoms with Crippen LogP contribution in [0.15, 0.2) is 23.0 Å². The molecule has 1 fully saturated rings. The van der Waals surface area contributed by atoms with E-state index in [9.17, 15) is 9.59 Å². The normalized spacial score (nSPS) is 20.0. The van der Waals surface area contributed by atoms with Gasteiger partial charge in [0, 0.05) is 13.0 Å². The number of fused-ring (bicyclic) bond motifs is 1. The lowest BCUT2D eigenvalue weighted by Crippen LogP contribution is -2.31. The highest BCUT2D eigenvalue weighted by molar-refractivity contribution is 5.90. The molecule has 2 N–H and O–H groups in total. The van der Waals surface area contributed by atoms with Crippen LogP contribution >= 0.6 is 0 Å². The monoisotopic (exact) mass is 330 g/mol. The Morgan fingerprint density at radius 2 is 2.04 bits per heavy atom. The maximum atomic E-state index is 12.6. The van der Waals surface area contributed by atoms with Crippen LogP contribution in [-0.4, -0.2) is 45.7 Å². The number of carbonyl (C=O) groups is 1. The van der Waals surface area contributed by atoms with Crippen molar-refractivity contribution in [2.45, 2.75) is 25.3 Å². The molecule has 0 aliphatic carbocycles. The van der Waals surface area contributed by atoms with Gasteiger partial charge >= 0.3 is 5.69 Å². The molecule has 4 rings (SSSR count). The topological polar surface area (TPSA) is 100 Å². The maximum absolute atomic E-state index is 12.6. The summed E-state index contributed by atoms with van der Waals surface area (Å²) >= 11 is 0. The SMILES string of the molecule is O=C(c1n[nH]c(=O)[nH]1)N1CCC[C@H]1c1ccc2c(c1)OCCCO2. The number of hydrogen-bond donors (Lipinski definition) is 2. The molecule has 0 unspecified atom stereocenters. The number of nitrogens with zero attached hydrogens (tertiary/aromatic N) is 2. The van der Waals surface area contributed by atoms with Crippen molar-refractivity contribution >= 4 is 5.91 Å². The first-order chi connectivity index (χ1) is 11.7. The standard InChI is InChI=1S/C16H18N4O4/c21-15(14-17-16(22)19-18-14)20-6-1-3-11(20)10-4-5-12-13(9-10)24-8-2-7-23-12/h4-5,9,11H,1-3,6-8H2,(H2,17,18,19,22)/t11-/m0/s1. The van der Waals surface area contributed by atoms with Crippen LogP contribution in [0.1, 0.15) is 41.5 Å². The van der Waals surface area contributed by atoms with Crippen molar-refractivity contribution in [1.82, 2.24) is 20.1 Å². The van der Waals surface area contributed by atoms with Crippen LogP contribution in [0.4, 0.5) is 0 Å². The molecule has 8 heteroatoms. The van der Waals surface area contributed by atoms with E-state index in [-0.39, 0.29) is 17.8 Å². The summed E-state index contributed by atoms with van der Waals surface area (Å²) in [5, 5.41) is 5.97. The van der Waals surface area contributed by atoms with Gasteiger partial charge in [-0.1, -0.05) is 6.07 Å². The van der Waals surface area contributed by atoms with Crippen LogP contribution in [0.5, 0.6) is 11.5 Å². The first-order valence-corrected chi connectivity index (χ1v) is 8.07. The summed E-state index contributed by atoms with van der Waals surface area (Å²) < 4.78 is 11.4. The van der Waals surface area contributed by atoms with Crippen molar-refractivity contribution in [1.29, 1.82) is 0 Å². The summed E-state index contributed by atoms with van der Waals surface area (Å²) in [5.74, 6) is 1.23. The fraction of sp³-hybridized carbons (Fsp3) is 0.438. The highest BCUT2D eigenvalue weighted by Gasteiger charge is 2.32. The van der Waals surface area contributed by atoms with E-state index in [1.807, 2.05) is 18.2 Å². The molecule has 1 aromatic carbocycles. The van der Waals surface area contributed by atoms with Gasteiger partial charge in [-0.15, -0.1) is 5.10 Å². The zero-order valence-corrected chi connectivity index (χ0v) is 13.1. The van der Waals surface area contributed by atoms with Crippen molar-refractivity contribution in [3.05, 3.63) is 40.1 Å². The summed E-state index contributed by atoms with van der Waals surface area (Å²) in [6, 6.07) is 5.75. The van der Waals surface area contributed by atoms with E-state index < -0.39 is 5.69 Å². The summed E-state index contributed by atoms with van der Waals surface area (Å²) in [6.45, 7) is 1.90. The number of rotatable bonds is 2. The molecule has 126 valence electrons. The van der Waals surface area contributed by atoms with Gasteiger partial charge in [-0.3, -0.25) is 9.78 Å². The second-order valence-corrected chi connectivity index (χ2v) is 5.94. The molecule has 0 spiro atoms. The average molecular weight is 330 g/mol. The molecule has 1 aromatic heterocycles. The molecule has 0 saturated carbocycles. The van der Waals surface area contributed by atoms with Crippen LogP contribution in [0.2, 0.25) is 0 Å².